The highest BCUT2D eigenvalue weighted by Crippen LogP contribution is 2.53. The van der Waals surface area contributed by atoms with Gasteiger partial charge in [0.1, 0.15) is 0 Å². The number of hydrogen-bond donors (Lipinski definition) is 0. The summed E-state index contributed by atoms with van der Waals surface area (Å²) in [6.07, 6.45) is 53.0. The molecule has 2 heterocycles. The second-order valence-electron chi connectivity index (χ2n) is 15.3. The van der Waals surface area contributed by atoms with Crippen molar-refractivity contribution >= 4 is 0 Å². The normalized spacial score (nSPS) is 24.0. The van der Waals surface area contributed by atoms with Crippen molar-refractivity contribution < 1.29 is 9.47 Å². The quantitative estimate of drug-likeness (QED) is 0.0570. The number of unbranched alkanes of at least 4 members (excludes halogenated alkanes) is 18. The Balaban J connectivity index is 1.22. The monoisotopic (exact) mass is 652 g/mol. The van der Waals surface area contributed by atoms with E-state index >= 15 is 0 Å². The van der Waals surface area contributed by atoms with Crippen LogP contribution in [0.25, 0.3) is 0 Å². The molecule has 0 amide bonds. The lowest BCUT2D eigenvalue weighted by Crippen LogP contribution is -2.52. The summed E-state index contributed by atoms with van der Waals surface area (Å²) in [6.45, 7) is 6.94. The van der Waals surface area contributed by atoms with Crippen molar-refractivity contribution in [2.75, 3.05) is 20.1 Å². The summed E-state index contributed by atoms with van der Waals surface area (Å²) in [6, 6.07) is 0. The highest BCUT2D eigenvalue weighted by atomic mass is 16.8. The van der Waals surface area contributed by atoms with E-state index < -0.39 is 0 Å². The smallest absolute Gasteiger partial charge is 0.169 e. The Hall–Kier alpha value is -1.16. The topological polar surface area (TPSA) is 21.7 Å². The van der Waals surface area contributed by atoms with Crippen molar-refractivity contribution in [2.45, 2.75) is 199 Å². The van der Waals surface area contributed by atoms with Gasteiger partial charge in [-0.05, 0) is 84.1 Å². The predicted molar refractivity (Wildman–Crippen MR) is 205 cm³/mol. The van der Waals surface area contributed by atoms with Gasteiger partial charge in [0, 0.05) is 37.8 Å². The second-order valence-corrected chi connectivity index (χ2v) is 15.3. The number of allylic oxidation sites excluding steroid dienone is 8. The van der Waals surface area contributed by atoms with Gasteiger partial charge in [-0.2, -0.15) is 0 Å². The zero-order chi connectivity index (χ0) is 33.3. The van der Waals surface area contributed by atoms with Crippen LogP contribution in [0, 0.1) is 11.8 Å². The van der Waals surface area contributed by atoms with Crippen LogP contribution >= 0.6 is 0 Å². The molecule has 3 aliphatic rings. The standard InChI is InChI=1S/C44H77NO2/c1-4-6-8-10-12-14-16-18-20-22-24-26-28-30-32-34-36-44(46-42-40-38-45(3)39-41(40)43(42)47-44)37-35-33-31-29-27-25-23-21-19-17-15-13-11-9-7-5-2/h12-15,18-21,40-43H,4-11,16-17,22-39H2,1-3H3/b14-12-,15-13-,20-18-,21-19-/t40?,41?,42-,43-/m1/s1. The highest BCUT2D eigenvalue weighted by molar-refractivity contribution is 5.09. The van der Waals surface area contributed by atoms with Gasteiger partial charge >= 0.3 is 0 Å². The summed E-state index contributed by atoms with van der Waals surface area (Å²) < 4.78 is 13.8. The summed E-state index contributed by atoms with van der Waals surface area (Å²) >= 11 is 0. The average molecular weight is 652 g/mol. The molecule has 1 saturated carbocycles. The SMILES string of the molecule is CCCCC/C=C\C/C=C\CCCCCCCCC1(CCCCCCCC/C=C\C/C=C\CCCCC)O[C@@H]2C3CN(C)CC3[C@H]2O1. The van der Waals surface area contributed by atoms with Crippen molar-refractivity contribution in [3.63, 3.8) is 0 Å². The fourth-order valence-corrected chi connectivity index (χ4v) is 8.06. The molecule has 3 heteroatoms. The molecule has 3 rings (SSSR count). The van der Waals surface area contributed by atoms with Gasteiger partial charge in [0.15, 0.2) is 5.79 Å². The van der Waals surface area contributed by atoms with Crippen LogP contribution < -0.4 is 0 Å². The minimum atomic E-state index is -0.289. The number of fused-ring (bicyclic) bond motifs is 4. The summed E-state index contributed by atoms with van der Waals surface area (Å²) in [5.74, 6) is 1.13. The van der Waals surface area contributed by atoms with E-state index in [1.54, 1.807) is 0 Å². The molecule has 47 heavy (non-hydrogen) atoms. The molecule has 2 unspecified atom stereocenters. The first kappa shape index (κ1) is 40.3. The molecule has 0 bridgehead atoms. The Morgan fingerprint density at radius 1 is 0.468 bits per heavy atom. The van der Waals surface area contributed by atoms with Crippen LogP contribution in [0.2, 0.25) is 0 Å². The van der Waals surface area contributed by atoms with E-state index in [4.69, 9.17) is 9.47 Å². The maximum Gasteiger partial charge on any atom is 0.169 e. The van der Waals surface area contributed by atoms with Crippen LogP contribution in [-0.4, -0.2) is 43.0 Å². The van der Waals surface area contributed by atoms with Crippen LogP contribution in [0.5, 0.6) is 0 Å². The third-order valence-electron chi connectivity index (χ3n) is 11.0. The lowest BCUT2D eigenvalue weighted by atomic mass is 9.71. The molecule has 270 valence electrons. The number of nitrogens with zero attached hydrogens (tertiary/aromatic N) is 1. The minimum absolute atomic E-state index is 0.289. The van der Waals surface area contributed by atoms with E-state index in [1.807, 2.05) is 0 Å². The first-order valence-electron chi connectivity index (χ1n) is 20.8. The molecular formula is C44H77NO2. The molecule has 2 aliphatic heterocycles. The Bertz CT molecular complexity index is 804. The Morgan fingerprint density at radius 2 is 0.809 bits per heavy atom. The zero-order valence-electron chi connectivity index (χ0n) is 31.5. The summed E-state index contributed by atoms with van der Waals surface area (Å²) in [7, 11) is 2.26. The Labute approximate surface area is 293 Å². The van der Waals surface area contributed by atoms with Crippen molar-refractivity contribution in [3.8, 4) is 0 Å². The highest BCUT2D eigenvalue weighted by Gasteiger charge is 2.63. The van der Waals surface area contributed by atoms with Crippen LogP contribution in [0.15, 0.2) is 48.6 Å². The summed E-state index contributed by atoms with van der Waals surface area (Å²) in [5.41, 5.74) is 0. The van der Waals surface area contributed by atoms with E-state index in [1.165, 1.54) is 154 Å². The molecule has 0 aromatic heterocycles. The molecule has 0 spiro atoms. The summed E-state index contributed by atoms with van der Waals surface area (Å²) in [5, 5.41) is 0. The number of rotatable bonds is 30. The van der Waals surface area contributed by atoms with Crippen LogP contribution in [-0.2, 0) is 9.47 Å². The molecule has 0 aromatic rings. The van der Waals surface area contributed by atoms with E-state index in [0.717, 1.165) is 25.7 Å². The van der Waals surface area contributed by atoms with Gasteiger partial charge in [-0.15, -0.1) is 0 Å². The van der Waals surface area contributed by atoms with Crippen LogP contribution in [0.4, 0.5) is 0 Å². The average Bonchev–Trinajstić information content (AvgIpc) is 3.59. The van der Waals surface area contributed by atoms with Gasteiger partial charge in [-0.25, -0.2) is 0 Å². The van der Waals surface area contributed by atoms with Gasteiger partial charge in [0.05, 0.1) is 12.2 Å². The Kier molecular flexibility index (Phi) is 22.1. The van der Waals surface area contributed by atoms with Gasteiger partial charge in [0.2, 0.25) is 0 Å². The first-order valence-corrected chi connectivity index (χ1v) is 20.8. The summed E-state index contributed by atoms with van der Waals surface area (Å²) in [4.78, 5) is 2.48. The molecule has 0 aromatic carbocycles. The number of ether oxygens (including phenoxy) is 2. The van der Waals surface area contributed by atoms with Crippen molar-refractivity contribution in [3.05, 3.63) is 48.6 Å². The molecular weight excluding hydrogens is 574 g/mol. The zero-order valence-corrected chi connectivity index (χ0v) is 31.5. The lowest BCUT2D eigenvalue weighted by Gasteiger charge is -2.40. The molecule has 1 aliphatic carbocycles. The number of hydrogen-bond acceptors (Lipinski definition) is 3. The van der Waals surface area contributed by atoms with Crippen molar-refractivity contribution in [1.82, 2.24) is 4.90 Å². The maximum absolute atomic E-state index is 6.89. The van der Waals surface area contributed by atoms with E-state index in [2.05, 4.69) is 74.4 Å². The van der Waals surface area contributed by atoms with E-state index in [-0.39, 0.29) is 5.79 Å². The molecule has 3 fully saturated rings. The Morgan fingerprint density at radius 3 is 1.19 bits per heavy atom. The van der Waals surface area contributed by atoms with Crippen LogP contribution in [0.3, 0.4) is 0 Å². The third-order valence-corrected chi connectivity index (χ3v) is 11.0. The second kappa shape index (κ2) is 25.8. The minimum Gasteiger partial charge on any atom is -0.344 e. The predicted octanol–water partition coefficient (Wildman–Crippen LogP) is 13.1. The van der Waals surface area contributed by atoms with Crippen LogP contribution in [0.1, 0.15) is 181 Å². The molecule has 4 atom stereocenters. The van der Waals surface area contributed by atoms with Gasteiger partial charge in [-0.1, -0.05) is 140 Å². The largest absolute Gasteiger partial charge is 0.344 e. The third kappa shape index (κ3) is 16.4. The van der Waals surface area contributed by atoms with E-state index in [0.29, 0.717) is 24.0 Å². The van der Waals surface area contributed by atoms with E-state index in [9.17, 15) is 0 Å². The molecule has 3 nitrogen and oxygen atoms in total. The van der Waals surface area contributed by atoms with Gasteiger partial charge in [-0.3, -0.25) is 0 Å². The van der Waals surface area contributed by atoms with Gasteiger partial charge < -0.3 is 14.4 Å². The fraction of sp³-hybridized carbons (Fsp3) is 0.818. The van der Waals surface area contributed by atoms with Gasteiger partial charge in [0.25, 0.3) is 0 Å². The molecule has 0 radical (unpaired) electrons. The first-order chi connectivity index (χ1) is 23.2. The number of likely N-dealkylation sites (tertiary alicyclic amines) is 1. The molecule has 2 saturated heterocycles. The van der Waals surface area contributed by atoms with Crippen molar-refractivity contribution in [2.24, 2.45) is 11.8 Å². The fourth-order valence-electron chi connectivity index (χ4n) is 8.06. The van der Waals surface area contributed by atoms with Crippen molar-refractivity contribution in [1.29, 1.82) is 0 Å². The molecule has 0 N–H and O–H groups in total. The maximum atomic E-state index is 6.89. The lowest BCUT2D eigenvalue weighted by molar-refractivity contribution is -0.182.